The Balaban J connectivity index is 1.98. The lowest BCUT2D eigenvalue weighted by Crippen LogP contribution is -2.51. The van der Waals surface area contributed by atoms with Crippen LogP contribution < -0.4 is 21.3 Å². The second kappa shape index (κ2) is 20.4. The molecule has 4 amide bonds. The van der Waals surface area contributed by atoms with Gasteiger partial charge in [0.2, 0.25) is 17.7 Å². The van der Waals surface area contributed by atoms with Gasteiger partial charge in [-0.1, -0.05) is 88.4 Å². The number of rotatable bonds is 19. The molecule has 5 N–H and O–H groups in total. The maximum atomic E-state index is 13.7. The molecular formula is C38H58N4O6. The second-order valence-electron chi connectivity index (χ2n) is 14.4. The molecule has 0 fully saturated rings. The number of unbranched alkanes of at least 4 members (excludes halogenated alkanes) is 1. The number of aliphatic hydroxyl groups is 1. The second-order valence-corrected chi connectivity index (χ2v) is 14.4. The van der Waals surface area contributed by atoms with E-state index < -0.39 is 35.8 Å². The number of hydrogen-bond donors (Lipinski definition) is 5. The predicted octanol–water partition coefficient (Wildman–Crippen LogP) is 5.59. The zero-order valence-electron chi connectivity index (χ0n) is 29.9. The first-order valence-corrected chi connectivity index (χ1v) is 17.3. The van der Waals surface area contributed by atoms with Crippen LogP contribution >= 0.6 is 0 Å². The lowest BCUT2D eigenvalue weighted by molar-refractivity contribution is -0.131. The Labute approximate surface area is 287 Å². The number of aliphatic hydroxyl groups excluding tert-OH is 1. The minimum atomic E-state index is -1.14. The van der Waals surface area contributed by atoms with Crippen LogP contribution in [0, 0.1) is 11.8 Å². The van der Waals surface area contributed by atoms with Gasteiger partial charge < -0.3 is 31.1 Å². The molecule has 2 aromatic rings. The first-order chi connectivity index (χ1) is 22.6. The predicted molar refractivity (Wildman–Crippen MR) is 189 cm³/mol. The first-order valence-electron chi connectivity index (χ1n) is 17.3. The van der Waals surface area contributed by atoms with Crippen molar-refractivity contribution >= 4 is 23.8 Å². The molecular weight excluding hydrogens is 608 g/mol. The van der Waals surface area contributed by atoms with Crippen molar-refractivity contribution in [2.45, 2.75) is 123 Å². The maximum Gasteiger partial charge on any atom is 0.407 e. The Morgan fingerprint density at radius 2 is 1.38 bits per heavy atom. The first kappa shape index (κ1) is 40.3. The average Bonchev–Trinajstić information content (AvgIpc) is 2.99. The molecule has 0 radical (unpaired) electrons. The summed E-state index contributed by atoms with van der Waals surface area (Å²) in [5.74, 6) is -0.698. The molecule has 0 spiro atoms. The molecule has 0 aliphatic rings. The number of carbonyl (C=O) groups is 4. The van der Waals surface area contributed by atoms with Crippen LogP contribution in [0.1, 0.15) is 104 Å². The monoisotopic (exact) mass is 666 g/mol. The van der Waals surface area contributed by atoms with Crippen molar-refractivity contribution < 1.29 is 29.0 Å². The Morgan fingerprint density at radius 3 is 1.96 bits per heavy atom. The van der Waals surface area contributed by atoms with E-state index in [9.17, 15) is 24.3 Å². The summed E-state index contributed by atoms with van der Waals surface area (Å²) in [5.41, 5.74) is 1.46. The van der Waals surface area contributed by atoms with E-state index in [1.165, 1.54) is 0 Å². The molecule has 0 aliphatic heterocycles. The standard InChI is InChI=1S/C38H58N4O6/c1-26(2)22-31(40-34(44)20-14-15-21-39-37(47)48-38(5,6)7)33(43)25-35(45)41-32(23-27(3)4)36(46)42-30(29-18-12-9-13-19-29)24-28-16-10-8-11-17-28/h8-13,16-19,26-27,30-33,43H,14-15,20-25H2,1-7H3,(H,39,47)(H,40,44)(H,41,45)(H,42,46)/t30?,31-,32+,33-/m1/s1. The van der Waals surface area contributed by atoms with Crippen LogP contribution in [0.2, 0.25) is 0 Å². The van der Waals surface area contributed by atoms with Gasteiger partial charge in [-0.3, -0.25) is 14.4 Å². The number of hydrogen-bond acceptors (Lipinski definition) is 6. The summed E-state index contributed by atoms with van der Waals surface area (Å²) in [7, 11) is 0. The van der Waals surface area contributed by atoms with Gasteiger partial charge in [-0.15, -0.1) is 0 Å². The van der Waals surface area contributed by atoms with E-state index in [1.54, 1.807) is 20.8 Å². The Hall–Kier alpha value is -3.92. The van der Waals surface area contributed by atoms with Crippen LogP contribution in [0.5, 0.6) is 0 Å². The highest BCUT2D eigenvalue weighted by Gasteiger charge is 2.29. The van der Waals surface area contributed by atoms with Gasteiger partial charge in [0.25, 0.3) is 0 Å². The van der Waals surface area contributed by atoms with E-state index in [1.807, 2.05) is 88.4 Å². The minimum absolute atomic E-state index is 0.127. The van der Waals surface area contributed by atoms with Gasteiger partial charge in [-0.2, -0.15) is 0 Å². The van der Waals surface area contributed by atoms with Gasteiger partial charge in [0, 0.05) is 13.0 Å². The molecule has 0 heterocycles. The molecule has 266 valence electrons. The maximum absolute atomic E-state index is 13.7. The number of alkyl carbamates (subject to hydrolysis) is 1. The van der Waals surface area contributed by atoms with E-state index in [0.717, 1.165) is 11.1 Å². The lowest BCUT2D eigenvalue weighted by Gasteiger charge is -2.27. The zero-order chi connectivity index (χ0) is 35.7. The normalized spacial score (nSPS) is 14.0. The zero-order valence-corrected chi connectivity index (χ0v) is 29.9. The molecule has 0 aliphatic carbocycles. The molecule has 0 aromatic heterocycles. The van der Waals surface area contributed by atoms with Crippen molar-refractivity contribution in [3.8, 4) is 0 Å². The summed E-state index contributed by atoms with van der Waals surface area (Å²) in [5, 5.41) is 22.7. The SMILES string of the molecule is CC(C)C[C@H](NC(=O)C[C@@H](O)[C@@H](CC(C)C)NC(=O)CCCCNC(=O)OC(C)(C)C)C(=O)NC(Cc1ccccc1)c1ccccc1. The third kappa shape index (κ3) is 16.8. The Morgan fingerprint density at radius 1 is 0.771 bits per heavy atom. The number of ether oxygens (including phenoxy) is 1. The van der Waals surface area contributed by atoms with Gasteiger partial charge in [0.05, 0.1) is 24.6 Å². The summed E-state index contributed by atoms with van der Waals surface area (Å²) in [4.78, 5) is 51.5. The smallest absolute Gasteiger partial charge is 0.407 e. The summed E-state index contributed by atoms with van der Waals surface area (Å²) < 4.78 is 5.21. The van der Waals surface area contributed by atoms with E-state index in [4.69, 9.17) is 4.74 Å². The number of benzene rings is 2. The molecule has 0 bridgehead atoms. The van der Waals surface area contributed by atoms with Crippen LogP contribution in [-0.2, 0) is 25.5 Å². The molecule has 10 heteroatoms. The number of nitrogens with one attached hydrogen (secondary N) is 4. The molecule has 48 heavy (non-hydrogen) atoms. The van der Waals surface area contributed by atoms with E-state index in [-0.39, 0.29) is 42.5 Å². The number of amides is 4. The highest BCUT2D eigenvalue weighted by molar-refractivity contribution is 5.88. The summed E-state index contributed by atoms with van der Waals surface area (Å²) in [6.07, 6.45) is 0.940. The van der Waals surface area contributed by atoms with Crippen LogP contribution in [-0.4, -0.2) is 59.3 Å². The largest absolute Gasteiger partial charge is 0.444 e. The van der Waals surface area contributed by atoms with Gasteiger partial charge in [-0.25, -0.2) is 4.79 Å². The average molecular weight is 667 g/mol. The fourth-order valence-corrected chi connectivity index (χ4v) is 5.36. The molecule has 0 saturated carbocycles. The van der Waals surface area contributed by atoms with Crippen LogP contribution in [0.15, 0.2) is 60.7 Å². The fourth-order valence-electron chi connectivity index (χ4n) is 5.36. The molecule has 1 unspecified atom stereocenters. The van der Waals surface area contributed by atoms with Gasteiger partial charge in [0.1, 0.15) is 11.6 Å². The fraction of sp³-hybridized carbons (Fsp3) is 0.579. The third-order valence-corrected chi connectivity index (χ3v) is 7.59. The Kier molecular flexibility index (Phi) is 17.1. The van der Waals surface area contributed by atoms with Crippen molar-refractivity contribution in [3.63, 3.8) is 0 Å². The summed E-state index contributed by atoms with van der Waals surface area (Å²) >= 11 is 0. The third-order valence-electron chi connectivity index (χ3n) is 7.59. The van der Waals surface area contributed by atoms with Gasteiger partial charge in [0.15, 0.2) is 0 Å². The molecule has 4 atom stereocenters. The van der Waals surface area contributed by atoms with Crippen LogP contribution in [0.25, 0.3) is 0 Å². The quantitative estimate of drug-likeness (QED) is 0.124. The Bertz CT molecular complexity index is 1260. The minimum Gasteiger partial charge on any atom is -0.444 e. The van der Waals surface area contributed by atoms with Crippen molar-refractivity contribution in [2.24, 2.45) is 11.8 Å². The van der Waals surface area contributed by atoms with Crippen LogP contribution in [0.4, 0.5) is 4.79 Å². The van der Waals surface area contributed by atoms with Gasteiger partial charge in [-0.05, 0) is 75.8 Å². The lowest BCUT2D eigenvalue weighted by atomic mass is 9.96. The van der Waals surface area contributed by atoms with E-state index in [2.05, 4.69) is 21.3 Å². The highest BCUT2D eigenvalue weighted by atomic mass is 16.6. The summed E-state index contributed by atoms with van der Waals surface area (Å²) in [6.45, 7) is 13.7. The van der Waals surface area contributed by atoms with E-state index >= 15 is 0 Å². The highest BCUT2D eigenvalue weighted by Crippen LogP contribution is 2.20. The molecule has 2 rings (SSSR count). The van der Waals surface area contributed by atoms with E-state index in [0.29, 0.717) is 38.6 Å². The van der Waals surface area contributed by atoms with Gasteiger partial charge >= 0.3 is 6.09 Å². The molecule has 0 saturated heterocycles. The molecule has 10 nitrogen and oxygen atoms in total. The topological polar surface area (TPSA) is 146 Å². The van der Waals surface area contributed by atoms with Crippen molar-refractivity contribution in [2.75, 3.05) is 6.54 Å². The summed E-state index contributed by atoms with van der Waals surface area (Å²) in [6, 6.07) is 18.0. The van der Waals surface area contributed by atoms with Crippen molar-refractivity contribution in [1.29, 1.82) is 0 Å². The van der Waals surface area contributed by atoms with Crippen molar-refractivity contribution in [1.82, 2.24) is 21.3 Å². The van der Waals surface area contributed by atoms with Crippen LogP contribution in [0.3, 0.4) is 0 Å². The van der Waals surface area contributed by atoms with Crippen molar-refractivity contribution in [3.05, 3.63) is 71.8 Å². The number of carbonyl (C=O) groups excluding carboxylic acids is 4. The molecule has 2 aromatic carbocycles.